The average Bonchev–Trinajstić information content (AvgIpc) is 3.59. The Labute approximate surface area is 191 Å². The summed E-state index contributed by atoms with van der Waals surface area (Å²) >= 11 is 0. The number of amides is 1. The third kappa shape index (κ3) is 5.33. The molecule has 1 N–H and O–H groups in total. The molecule has 0 radical (unpaired) electrons. The number of nitriles is 1. The van der Waals surface area contributed by atoms with Gasteiger partial charge in [0.25, 0.3) is 0 Å². The molecule has 0 unspecified atom stereocenters. The highest BCUT2D eigenvalue weighted by atomic mass is 32.2. The second-order valence-electron chi connectivity index (χ2n) is 9.62. The number of nitrogens with one attached hydrogen (secondary N) is 1. The van der Waals surface area contributed by atoms with Gasteiger partial charge in [-0.1, -0.05) is 30.3 Å². The van der Waals surface area contributed by atoms with E-state index in [0.717, 1.165) is 31.9 Å². The molecular weight excluding hydrogens is 426 g/mol. The minimum absolute atomic E-state index is 0.110. The van der Waals surface area contributed by atoms with Crippen molar-refractivity contribution in [1.29, 1.82) is 5.26 Å². The zero-order valence-corrected chi connectivity index (χ0v) is 19.5. The molecule has 1 aromatic carbocycles. The summed E-state index contributed by atoms with van der Waals surface area (Å²) in [5.74, 6) is 0.384. The van der Waals surface area contributed by atoms with E-state index in [1.54, 1.807) is 4.90 Å². The molecule has 8 heteroatoms. The summed E-state index contributed by atoms with van der Waals surface area (Å²) in [5, 5.41) is 9.51. The molecule has 0 bridgehead atoms. The van der Waals surface area contributed by atoms with Gasteiger partial charge in [-0.3, -0.25) is 4.79 Å². The molecular formula is C24H33N3O4S. The van der Waals surface area contributed by atoms with Crippen LogP contribution in [0.3, 0.4) is 0 Å². The first-order chi connectivity index (χ1) is 15.3. The Kier molecular flexibility index (Phi) is 6.89. The molecule has 1 aromatic rings. The molecule has 4 rings (SSSR count). The third-order valence-corrected chi connectivity index (χ3v) is 7.96. The molecule has 0 aromatic heterocycles. The molecule has 32 heavy (non-hydrogen) atoms. The van der Waals surface area contributed by atoms with Crippen LogP contribution >= 0.6 is 0 Å². The van der Waals surface area contributed by atoms with Gasteiger partial charge in [-0.25, -0.2) is 13.1 Å². The van der Waals surface area contributed by atoms with Crippen molar-refractivity contribution in [3.63, 3.8) is 0 Å². The summed E-state index contributed by atoms with van der Waals surface area (Å²) in [6, 6.07) is 12.0. The SMILES string of the molecule is CS(=O)(=O)N[C@H]1CCCN(C(=O)C2(C#N)CC2)[C@H]1CO[C@H]1CC[C@@H](c2ccccc2)CC1. The van der Waals surface area contributed by atoms with Crippen LogP contribution in [0.4, 0.5) is 0 Å². The maximum absolute atomic E-state index is 13.2. The number of sulfonamides is 1. The van der Waals surface area contributed by atoms with Gasteiger partial charge in [-0.05, 0) is 62.8 Å². The fourth-order valence-corrected chi connectivity index (χ4v) is 6.05. The summed E-state index contributed by atoms with van der Waals surface area (Å²) < 4.78 is 32.9. The highest BCUT2D eigenvalue weighted by Crippen LogP contribution is 2.47. The van der Waals surface area contributed by atoms with E-state index in [9.17, 15) is 18.5 Å². The fourth-order valence-electron chi connectivity index (χ4n) is 5.22. The third-order valence-electron chi connectivity index (χ3n) is 7.23. The van der Waals surface area contributed by atoms with Crippen molar-refractivity contribution in [2.24, 2.45) is 5.41 Å². The van der Waals surface area contributed by atoms with E-state index in [0.29, 0.717) is 44.8 Å². The van der Waals surface area contributed by atoms with Crippen molar-refractivity contribution in [2.75, 3.05) is 19.4 Å². The van der Waals surface area contributed by atoms with Crippen molar-refractivity contribution in [3.05, 3.63) is 35.9 Å². The van der Waals surface area contributed by atoms with Crippen molar-refractivity contribution < 1.29 is 17.9 Å². The standard InChI is InChI=1S/C24H33N3O4S/c1-32(29,30)26-21-8-5-15-27(23(28)24(17-25)13-14-24)22(21)16-31-20-11-9-19(10-12-20)18-6-3-2-4-7-18/h2-4,6-7,19-22,26H,5,8-16H2,1H3/t19-,20+,21-,22-/m0/s1. The van der Waals surface area contributed by atoms with E-state index in [2.05, 4.69) is 35.1 Å². The molecule has 2 atom stereocenters. The quantitative estimate of drug-likeness (QED) is 0.676. The fraction of sp³-hybridized carbons (Fsp3) is 0.667. The van der Waals surface area contributed by atoms with E-state index in [1.807, 2.05) is 6.07 Å². The number of carbonyl (C=O) groups excluding carboxylic acids is 1. The van der Waals surface area contributed by atoms with Gasteiger partial charge in [0.15, 0.2) is 0 Å². The lowest BCUT2D eigenvalue weighted by molar-refractivity contribution is -0.142. The number of rotatable bonds is 7. The van der Waals surface area contributed by atoms with Crippen LogP contribution in [0.15, 0.2) is 30.3 Å². The zero-order valence-electron chi connectivity index (χ0n) is 18.7. The topological polar surface area (TPSA) is 99.5 Å². The Morgan fingerprint density at radius 2 is 1.88 bits per heavy atom. The number of nitrogens with zero attached hydrogens (tertiary/aromatic N) is 2. The summed E-state index contributed by atoms with van der Waals surface area (Å²) in [7, 11) is -3.42. The van der Waals surface area contributed by atoms with Crippen LogP contribution < -0.4 is 4.72 Å². The van der Waals surface area contributed by atoms with Crippen LogP contribution in [0.2, 0.25) is 0 Å². The molecule has 1 aliphatic heterocycles. The van der Waals surface area contributed by atoms with E-state index in [-0.39, 0.29) is 18.1 Å². The van der Waals surface area contributed by atoms with Crippen molar-refractivity contribution in [3.8, 4) is 6.07 Å². The molecule has 0 spiro atoms. The first-order valence-electron chi connectivity index (χ1n) is 11.7. The number of piperidine rings is 1. The summed E-state index contributed by atoms with van der Waals surface area (Å²) in [6.45, 7) is 0.833. The van der Waals surface area contributed by atoms with E-state index >= 15 is 0 Å². The lowest BCUT2D eigenvalue weighted by atomic mass is 9.83. The Balaban J connectivity index is 1.40. The van der Waals surface area contributed by atoms with Gasteiger partial charge in [0.05, 0.1) is 31.1 Å². The number of carbonyl (C=O) groups is 1. The Morgan fingerprint density at radius 1 is 1.19 bits per heavy atom. The monoisotopic (exact) mass is 459 g/mol. The molecule has 1 amide bonds. The summed E-state index contributed by atoms with van der Waals surface area (Å²) in [4.78, 5) is 14.9. The zero-order chi connectivity index (χ0) is 22.8. The molecule has 2 saturated carbocycles. The summed E-state index contributed by atoms with van der Waals surface area (Å²) in [5.41, 5.74) is 0.456. The highest BCUT2D eigenvalue weighted by Gasteiger charge is 2.54. The maximum atomic E-state index is 13.2. The second kappa shape index (κ2) is 9.50. The molecule has 7 nitrogen and oxygen atoms in total. The van der Waals surface area contributed by atoms with Crippen LogP contribution in [0.5, 0.6) is 0 Å². The van der Waals surface area contributed by atoms with Gasteiger partial charge >= 0.3 is 0 Å². The predicted octanol–water partition coefficient (Wildman–Crippen LogP) is 2.94. The number of ether oxygens (including phenoxy) is 1. The van der Waals surface area contributed by atoms with Gasteiger partial charge in [-0.2, -0.15) is 5.26 Å². The van der Waals surface area contributed by atoms with Crippen molar-refractivity contribution in [1.82, 2.24) is 9.62 Å². The van der Waals surface area contributed by atoms with Gasteiger partial charge in [0.2, 0.25) is 15.9 Å². The largest absolute Gasteiger partial charge is 0.376 e. The number of hydrogen-bond donors (Lipinski definition) is 1. The maximum Gasteiger partial charge on any atom is 0.243 e. The van der Waals surface area contributed by atoms with Crippen LogP contribution in [0, 0.1) is 16.7 Å². The van der Waals surface area contributed by atoms with E-state index in [4.69, 9.17) is 4.74 Å². The average molecular weight is 460 g/mol. The first-order valence-corrected chi connectivity index (χ1v) is 13.6. The number of benzene rings is 1. The Bertz CT molecular complexity index is 947. The van der Waals surface area contributed by atoms with Crippen LogP contribution in [-0.4, -0.2) is 56.8 Å². The van der Waals surface area contributed by atoms with Gasteiger partial charge in [-0.15, -0.1) is 0 Å². The Hall–Kier alpha value is -1.95. The van der Waals surface area contributed by atoms with Gasteiger partial charge in [0.1, 0.15) is 5.41 Å². The first kappa shape index (κ1) is 23.2. The molecule has 3 fully saturated rings. The number of likely N-dealkylation sites (tertiary alicyclic amines) is 1. The summed E-state index contributed by atoms with van der Waals surface area (Å²) in [6.07, 6.45) is 7.81. The van der Waals surface area contributed by atoms with E-state index in [1.165, 1.54) is 5.56 Å². The Morgan fingerprint density at radius 3 is 2.47 bits per heavy atom. The normalized spacial score (nSPS) is 29.8. The lowest BCUT2D eigenvalue weighted by Gasteiger charge is -2.42. The minimum Gasteiger partial charge on any atom is -0.376 e. The molecule has 174 valence electrons. The molecule has 1 saturated heterocycles. The molecule has 2 aliphatic carbocycles. The molecule has 3 aliphatic rings. The van der Waals surface area contributed by atoms with Crippen molar-refractivity contribution >= 4 is 15.9 Å². The molecule has 1 heterocycles. The predicted molar refractivity (Wildman–Crippen MR) is 121 cm³/mol. The smallest absolute Gasteiger partial charge is 0.243 e. The lowest BCUT2D eigenvalue weighted by Crippen LogP contribution is -2.60. The van der Waals surface area contributed by atoms with Crippen LogP contribution in [0.1, 0.15) is 62.8 Å². The van der Waals surface area contributed by atoms with E-state index < -0.39 is 21.5 Å². The second-order valence-corrected chi connectivity index (χ2v) is 11.4. The van der Waals surface area contributed by atoms with Gasteiger partial charge < -0.3 is 9.64 Å². The van der Waals surface area contributed by atoms with Crippen LogP contribution in [-0.2, 0) is 19.6 Å². The highest BCUT2D eigenvalue weighted by molar-refractivity contribution is 7.88. The minimum atomic E-state index is -3.42. The number of hydrogen-bond acceptors (Lipinski definition) is 5. The van der Waals surface area contributed by atoms with Crippen molar-refractivity contribution in [2.45, 2.75) is 75.5 Å². The van der Waals surface area contributed by atoms with Gasteiger partial charge in [0, 0.05) is 12.6 Å². The van der Waals surface area contributed by atoms with Crippen LogP contribution in [0.25, 0.3) is 0 Å².